The third-order valence-electron chi connectivity index (χ3n) is 3.38. The number of amides is 1. The number of hydrogen-bond donors (Lipinski definition) is 1. The molecular formula is C17H16N4O3. The van der Waals surface area contributed by atoms with E-state index in [0.717, 1.165) is 5.56 Å². The molecule has 1 aromatic carbocycles. The molecular weight excluding hydrogens is 308 g/mol. The van der Waals surface area contributed by atoms with Crippen molar-refractivity contribution in [3.05, 3.63) is 60.2 Å². The first-order valence-corrected chi connectivity index (χ1v) is 7.41. The van der Waals surface area contributed by atoms with E-state index in [4.69, 9.17) is 9.26 Å². The van der Waals surface area contributed by atoms with Crippen molar-refractivity contribution in [2.24, 2.45) is 0 Å². The Balaban J connectivity index is 1.53. The minimum Gasteiger partial charge on any atom is -0.497 e. The van der Waals surface area contributed by atoms with E-state index in [1.807, 2.05) is 0 Å². The second-order valence-electron chi connectivity index (χ2n) is 4.99. The van der Waals surface area contributed by atoms with Crippen molar-refractivity contribution < 1.29 is 14.1 Å². The normalized spacial score (nSPS) is 10.4. The third-order valence-corrected chi connectivity index (χ3v) is 3.38. The minimum absolute atomic E-state index is 0.157. The van der Waals surface area contributed by atoms with Gasteiger partial charge in [-0.15, -0.1) is 0 Å². The molecule has 24 heavy (non-hydrogen) atoms. The molecule has 0 unspecified atom stereocenters. The minimum atomic E-state index is -0.157. The molecule has 122 valence electrons. The SMILES string of the molecule is COc1ccc(C(=O)NCCc2noc(-c3ccncc3)n2)cc1. The zero-order valence-electron chi connectivity index (χ0n) is 13.1. The van der Waals surface area contributed by atoms with Crippen LogP contribution in [-0.4, -0.2) is 34.7 Å². The molecule has 3 aromatic rings. The van der Waals surface area contributed by atoms with E-state index in [0.29, 0.717) is 36.0 Å². The molecule has 0 atom stereocenters. The number of carbonyl (C=O) groups excluding carboxylic acids is 1. The fourth-order valence-electron chi connectivity index (χ4n) is 2.10. The van der Waals surface area contributed by atoms with Crippen molar-refractivity contribution in [2.75, 3.05) is 13.7 Å². The molecule has 7 heteroatoms. The highest BCUT2D eigenvalue weighted by atomic mass is 16.5. The first-order valence-electron chi connectivity index (χ1n) is 7.41. The van der Waals surface area contributed by atoms with Gasteiger partial charge in [0.25, 0.3) is 11.8 Å². The lowest BCUT2D eigenvalue weighted by molar-refractivity contribution is 0.0954. The van der Waals surface area contributed by atoms with Gasteiger partial charge in [0.05, 0.1) is 7.11 Å². The summed E-state index contributed by atoms with van der Waals surface area (Å²) in [4.78, 5) is 20.3. The van der Waals surface area contributed by atoms with Crippen LogP contribution in [0.5, 0.6) is 5.75 Å². The van der Waals surface area contributed by atoms with Gasteiger partial charge in [-0.05, 0) is 36.4 Å². The molecule has 2 aromatic heterocycles. The van der Waals surface area contributed by atoms with Gasteiger partial charge < -0.3 is 14.6 Å². The summed E-state index contributed by atoms with van der Waals surface area (Å²) in [5.41, 5.74) is 1.38. The van der Waals surface area contributed by atoms with Crippen molar-refractivity contribution in [1.29, 1.82) is 0 Å². The van der Waals surface area contributed by atoms with Crippen LogP contribution in [0.3, 0.4) is 0 Å². The number of benzene rings is 1. The molecule has 3 rings (SSSR count). The lowest BCUT2D eigenvalue weighted by atomic mass is 10.2. The van der Waals surface area contributed by atoms with E-state index in [1.54, 1.807) is 55.9 Å². The Morgan fingerprint density at radius 2 is 1.92 bits per heavy atom. The summed E-state index contributed by atoms with van der Waals surface area (Å²) in [5, 5.41) is 6.73. The summed E-state index contributed by atoms with van der Waals surface area (Å²) in [6, 6.07) is 10.5. The number of carbonyl (C=O) groups is 1. The Labute approximate surface area is 138 Å². The van der Waals surface area contributed by atoms with Gasteiger partial charge in [0.15, 0.2) is 5.82 Å². The number of nitrogens with zero attached hydrogens (tertiary/aromatic N) is 3. The fraction of sp³-hybridized carbons (Fsp3) is 0.176. The highest BCUT2D eigenvalue weighted by Crippen LogP contribution is 2.15. The Hall–Kier alpha value is -3.22. The first-order chi connectivity index (χ1) is 11.8. The molecule has 7 nitrogen and oxygen atoms in total. The number of ether oxygens (including phenoxy) is 1. The molecule has 0 aliphatic carbocycles. The summed E-state index contributed by atoms with van der Waals surface area (Å²) in [7, 11) is 1.58. The van der Waals surface area contributed by atoms with E-state index >= 15 is 0 Å². The predicted molar refractivity (Wildman–Crippen MR) is 86.6 cm³/mol. The standard InChI is InChI=1S/C17H16N4O3/c1-23-14-4-2-12(3-5-14)16(22)19-11-8-15-20-17(24-21-15)13-6-9-18-10-7-13/h2-7,9-10H,8,11H2,1H3,(H,19,22). The Morgan fingerprint density at radius 3 is 2.62 bits per heavy atom. The van der Waals surface area contributed by atoms with Crippen molar-refractivity contribution in [3.8, 4) is 17.2 Å². The quantitative estimate of drug-likeness (QED) is 0.747. The summed E-state index contributed by atoms with van der Waals surface area (Å²) >= 11 is 0. The lowest BCUT2D eigenvalue weighted by Gasteiger charge is -2.04. The van der Waals surface area contributed by atoms with Gasteiger partial charge in [0.2, 0.25) is 0 Å². The average molecular weight is 324 g/mol. The van der Waals surface area contributed by atoms with Crippen LogP contribution in [0.2, 0.25) is 0 Å². The van der Waals surface area contributed by atoms with Crippen LogP contribution < -0.4 is 10.1 Å². The van der Waals surface area contributed by atoms with Crippen LogP contribution in [0.25, 0.3) is 11.5 Å². The number of pyridine rings is 1. The van der Waals surface area contributed by atoms with Crippen LogP contribution in [0.1, 0.15) is 16.2 Å². The maximum atomic E-state index is 12.0. The van der Waals surface area contributed by atoms with Crippen LogP contribution in [0.15, 0.2) is 53.3 Å². The van der Waals surface area contributed by atoms with Crippen molar-refractivity contribution in [3.63, 3.8) is 0 Å². The van der Waals surface area contributed by atoms with Crippen LogP contribution in [-0.2, 0) is 6.42 Å². The van der Waals surface area contributed by atoms with Gasteiger partial charge >= 0.3 is 0 Å². The smallest absolute Gasteiger partial charge is 0.258 e. The zero-order chi connectivity index (χ0) is 16.8. The molecule has 0 saturated carbocycles. The van der Waals surface area contributed by atoms with E-state index in [-0.39, 0.29) is 5.91 Å². The number of aromatic nitrogens is 3. The number of nitrogens with one attached hydrogen (secondary N) is 1. The number of rotatable bonds is 6. The Morgan fingerprint density at radius 1 is 1.17 bits per heavy atom. The predicted octanol–water partition coefficient (Wildman–Crippen LogP) is 2.11. The molecule has 0 fully saturated rings. The Bertz CT molecular complexity index is 800. The molecule has 1 amide bonds. The zero-order valence-corrected chi connectivity index (χ0v) is 13.1. The van der Waals surface area contributed by atoms with E-state index in [9.17, 15) is 4.79 Å². The number of methoxy groups -OCH3 is 1. The summed E-state index contributed by atoms with van der Waals surface area (Å²) < 4.78 is 10.3. The van der Waals surface area contributed by atoms with Crippen LogP contribution in [0.4, 0.5) is 0 Å². The topological polar surface area (TPSA) is 90.1 Å². The second kappa shape index (κ2) is 7.36. The summed E-state index contributed by atoms with van der Waals surface area (Å²) in [5.74, 6) is 1.53. The molecule has 0 spiro atoms. The molecule has 0 bridgehead atoms. The molecule has 0 radical (unpaired) electrons. The van der Waals surface area contributed by atoms with Gasteiger partial charge in [-0.2, -0.15) is 4.98 Å². The molecule has 0 aliphatic heterocycles. The monoisotopic (exact) mass is 324 g/mol. The van der Waals surface area contributed by atoms with Gasteiger partial charge in [0.1, 0.15) is 5.75 Å². The van der Waals surface area contributed by atoms with Gasteiger partial charge in [-0.25, -0.2) is 0 Å². The van der Waals surface area contributed by atoms with E-state index in [2.05, 4.69) is 20.4 Å². The van der Waals surface area contributed by atoms with Gasteiger partial charge in [0, 0.05) is 36.5 Å². The fourth-order valence-corrected chi connectivity index (χ4v) is 2.10. The van der Waals surface area contributed by atoms with Crippen LogP contribution >= 0.6 is 0 Å². The summed E-state index contributed by atoms with van der Waals surface area (Å²) in [6.45, 7) is 0.417. The van der Waals surface area contributed by atoms with Gasteiger partial charge in [-0.1, -0.05) is 5.16 Å². The number of hydrogen-bond acceptors (Lipinski definition) is 6. The average Bonchev–Trinajstić information content (AvgIpc) is 3.11. The third kappa shape index (κ3) is 3.75. The Kier molecular flexibility index (Phi) is 4.81. The molecule has 0 aliphatic rings. The van der Waals surface area contributed by atoms with E-state index < -0.39 is 0 Å². The summed E-state index contributed by atoms with van der Waals surface area (Å²) in [6.07, 6.45) is 3.80. The van der Waals surface area contributed by atoms with E-state index in [1.165, 1.54) is 0 Å². The molecule has 2 heterocycles. The lowest BCUT2D eigenvalue weighted by Crippen LogP contribution is -2.25. The molecule has 0 saturated heterocycles. The van der Waals surface area contributed by atoms with Gasteiger partial charge in [-0.3, -0.25) is 9.78 Å². The van der Waals surface area contributed by atoms with Crippen molar-refractivity contribution >= 4 is 5.91 Å². The highest BCUT2D eigenvalue weighted by Gasteiger charge is 2.10. The second-order valence-corrected chi connectivity index (χ2v) is 4.99. The maximum Gasteiger partial charge on any atom is 0.258 e. The maximum absolute atomic E-state index is 12.0. The van der Waals surface area contributed by atoms with Crippen molar-refractivity contribution in [2.45, 2.75) is 6.42 Å². The highest BCUT2D eigenvalue weighted by molar-refractivity contribution is 5.94. The first kappa shape index (κ1) is 15.7. The molecule has 1 N–H and O–H groups in total. The van der Waals surface area contributed by atoms with Crippen molar-refractivity contribution in [1.82, 2.24) is 20.4 Å². The van der Waals surface area contributed by atoms with Crippen LogP contribution in [0, 0.1) is 0 Å². The largest absolute Gasteiger partial charge is 0.497 e.